The number of carbonyl (C=O) groups excluding carboxylic acids is 1. The fraction of sp³-hybridized carbons (Fsp3) is 0.889. The van der Waals surface area contributed by atoms with Crippen LogP contribution in [0.3, 0.4) is 0 Å². The van der Waals surface area contributed by atoms with Crippen LogP contribution in [0.5, 0.6) is 0 Å². The van der Waals surface area contributed by atoms with Crippen LogP contribution in [0, 0.1) is 22.3 Å². The Morgan fingerprint density at radius 3 is 3.06 bits per heavy atom. The Kier molecular flexibility index (Phi) is 2.79. The summed E-state index contributed by atoms with van der Waals surface area (Å²) in [5.41, 5.74) is 0. The van der Waals surface area contributed by atoms with Gasteiger partial charge in [0.2, 0.25) is 0 Å². The van der Waals surface area contributed by atoms with E-state index in [-0.39, 0.29) is 29.2 Å². The number of ether oxygens (including phenoxy) is 1. The van der Waals surface area contributed by atoms with Crippen molar-refractivity contribution in [2.45, 2.75) is 31.1 Å². The molecule has 9 heteroatoms. The van der Waals surface area contributed by atoms with E-state index in [0.717, 1.165) is 6.42 Å². The average molecular weight is 258 g/mol. The molecule has 1 saturated heterocycles. The summed E-state index contributed by atoms with van der Waals surface area (Å²) >= 11 is 0. The fourth-order valence-corrected chi connectivity index (χ4v) is 3.32. The number of carbonyl (C=O) groups is 1. The number of rotatable bonds is 2. The maximum Gasteiger partial charge on any atom is 0.457 e. The number of hydrogen-bond donors (Lipinski definition) is 2. The summed E-state index contributed by atoms with van der Waals surface area (Å²) in [6, 6.07) is -0.0196. The van der Waals surface area contributed by atoms with Gasteiger partial charge in [-0.05, 0) is 11.5 Å². The Hall–Kier alpha value is -1.13. The summed E-state index contributed by atoms with van der Waals surface area (Å²) in [5, 5.41) is 27.5. The second-order valence-electron chi connectivity index (χ2n) is 4.97. The molecule has 18 heavy (non-hydrogen) atoms. The Balaban J connectivity index is 1.63. The largest absolute Gasteiger partial charge is 0.605 e. The molecule has 9 nitrogen and oxygen atoms in total. The van der Waals surface area contributed by atoms with Crippen LogP contribution in [-0.2, 0) is 9.57 Å². The first-order valence-corrected chi connectivity index (χ1v) is 5.89. The number of nitrogens with one attached hydrogen (secondary N) is 2. The van der Waals surface area contributed by atoms with Crippen LogP contribution >= 0.6 is 0 Å². The minimum atomic E-state index is -0.901. The van der Waals surface area contributed by atoms with Crippen molar-refractivity contribution in [2.24, 2.45) is 22.2 Å². The molecule has 0 aromatic heterocycles. The number of nitrogens with zero attached hydrogens (tertiary/aromatic N) is 2. The van der Waals surface area contributed by atoms with E-state index in [4.69, 9.17) is 9.57 Å². The second kappa shape index (κ2) is 4.21. The normalized spacial score (nSPS) is 46.8. The van der Waals surface area contributed by atoms with Gasteiger partial charge in [-0.1, -0.05) is 0 Å². The van der Waals surface area contributed by atoms with E-state index in [0.29, 0.717) is 6.42 Å². The zero-order valence-electron chi connectivity index (χ0n) is 9.74. The van der Waals surface area contributed by atoms with Gasteiger partial charge in [-0.25, -0.2) is 15.2 Å². The lowest BCUT2D eigenvalue weighted by molar-refractivity contribution is -1.06. The summed E-state index contributed by atoms with van der Waals surface area (Å²) in [5.74, 6) is 0.331. The van der Waals surface area contributed by atoms with Crippen LogP contribution in [0.25, 0.3) is 0 Å². The van der Waals surface area contributed by atoms with Crippen LogP contribution in [0.4, 0.5) is 4.79 Å². The Morgan fingerprint density at radius 2 is 2.33 bits per heavy atom. The van der Waals surface area contributed by atoms with Gasteiger partial charge in [0.1, 0.15) is 12.1 Å². The molecule has 2 saturated carbocycles. The average Bonchev–Trinajstić information content (AvgIpc) is 2.91. The zero-order chi connectivity index (χ0) is 12.9. The van der Waals surface area contributed by atoms with Gasteiger partial charge in [-0.3, -0.25) is 0 Å². The van der Waals surface area contributed by atoms with Crippen LogP contribution < -0.4 is 10.4 Å². The van der Waals surface area contributed by atoms with Crippen molar-refractivity contribution in [1.82, 2.24) is 0 Å². The number of hydrogen-bond acceptors (Lipinski definition) is 6. The molecule has 3 aliphatic rings. The van der Waals surface area contributed by atoms with Gasteiger partial charge in [-0.2, -0.15) is 4.84 Å². The number of fused-ring (bicyclic) bond motifs is 1. The molecule has 1 aliphatic heterocycles. The Bertz CT molecular complexity index is 389. The summed E-state index contributed by atoms with van der Waals surface area (Å²) in [6.45, 7) is 0. The predicted octanol–water partition coefficient (Wildman–Crippen LogP) is -2.02. The van der Waals surface area contributed by atoms with E-state index in [1.807, 2.05) is 0 Å². The van der Waals surface area contributed by atoms with Crippen molar-refractivity contribution < 1.29 is 24.8 Å². The van der Waals surface area contributed by atoms with E-state index >= 15 is 0 Å². The Morgan fingerprint density at radius 1 is 1.56 bits per heavy atom. The monoisotopic (exact) mass is 258 g/mol. The van der Waals surface area contributed by atoms with Crippen molar-refractivity contribution in [1.29, 1.82) is 0 Å². The van der Waals surface area contributed by atoms with Gasteiger partial charge in [-0.15, -0.1) is 0 Å². The zero-order valence-corrected chi connectivity index (χ0v) is 9.74. The molecule has 1 amide bonds. The van der Waals surface area contributed by atoms with Gasteiger partial charge in [0.05, 0.1) is 13.0 Å². The van der Waals surface area contributed by atoms with Crippen LogP contribution in [0.2, 0.25) is 0 Å². The first kappa shape index (κ1) is 11.9. The molecule has 0 aromatic rings. The van der Waals surface area contributed by atoms with Crippen molar-refractivity contribution in [3.8, 4) is 0 Å². The second-order valence-corrected chi connectivity index (χ2v) is 4.97. The summed E-state index contributed by atoms with van der Waals surface area (Å²) in [6.07, 6.45) is -0.110. The van der Waals surface area contributed by atoms with Crippen molar-refractivity contribution >= 4 is 6.09 Å². The maximum atomic E-state index is 11.5. The Labute approximate surface area is 102 Å². The highest BCUT2D eigenvalue weighted by Crippen LogP contribution is 2.48. The van der Waals surface area contributed by atoms with Crippen molar-refractivity contribution in [3.63, 3.8) is 0 Å². The van der Waals surface area contributed by atoms with Crippen molar-refractivity contribution in [2.75, 3.05) is 7.05 Å². The molecule has 1 heterocycles. The molecule has 0 spiro atoms. The summed E-state index contributed by atoms with van der Waals surface area (Å²) in [7, 11) is 1.19. The minimum Gasteiger partial charge on any atom is -0.605 e. The molecule has 2 bridgehead atoms. The predicted molar refractivity (Wildman–Crippen MR) is 54.6 cm³/mol. The number of quaternary nitrogens is 2. The number of hydroxylamine groups is 3. The van der Waals surface area contributed by atoms with Gasteiger partial charge in [0.25, 0.3) is 0 Å². The highest BCUT2D eigenvalue weighted by Gasteiger charge is 2.64. The van der Waals surface area contributed by atoms with E-state index in [2.05, 4.69) is 10.3 Å². The van der Waals surface area contributed by atoms with E-state index in [9.17, 15) is 15.2 Å². The first-order valence-electron chi connectivity index (χ1n) is 5.89. The summed E-state index contributed by atoms with van der Waals surface area (Å²) in [4.78, 5) is 16.6. The lowest BCUT2D eigenvalue weighted by Gasteiger charge is -2.22. The van der Waals surface area contributed by atoms with Gasteiger partial charge in [0.15, 0.2) is 6.10 Å². The van der Waals surface area contributed by atoms with E-state index < -0.39 is 17.4 Å². The fourth-order valence-electron chi connectivity index (χ4n) is 3.32. The molecule has 7 atom stereocenters. The van der Waals surface area contributed by atoms with Gasteiger partial charge >= 0.3 is 6.09 Å². The molecule has 3 fully saturated rings. The molecule has 2 N–H and O–H groups in total. The quantitative estimate of drug-likeness (QED) is 0.337. The molecule has 7 unspecified atom stereocenters. The van der Waals surface area contributed by atoms with Gasteiger partial charge in [0, 0.05) is 17.6 Å². The lowest BCUT2D eigenvalue weighted by atomic mass is 9.92. The third-order valence-electron chi connectivity index (χ3n) is 3.92. The van der Waals surface area contributed by atoms with Crippen molar-refractivity contribution in [3.05, 3.63) is 10.4 Å². The molecule has 3 rings (SSSR count). The smallest absolute Gasteiger partial charge is 0.457 e. The van der Waals surface area contributed by atoms with E-state index in [1.165, 1.54) is 7.05 Å². The van der Waals surface area contributed by atoms with Crippen LogP contribution in [0.15, 0.2) is 10.3 Å². The minimum absolute atomic E-state index is 0.0196. The molecule has 0 radical (unpaired) electrons. The highest BCUT2D eigenvalue weighted by atomic mass is 16.9. The van der Waals surface area contributed by atoms with E-state index in [1.54, 1.807) is 0 Å². The highest BCUT2D eigenvalue weighted by molar-refractivity contribution is 5.67. The topological polar surface area (TPSA) is 115 Å². The lowest BCUT2D eigenvalue weighted by Crippen LogP contribution is -3.08. The first-order chi connectivity index (χ1) is 8.56. The standard InChI is InChI=1S/C9H14N4O5/c1-12(15)11-10-9(14)17-7-4-2-5-6(3-4)13(16)18-8(5)7/h4-8,12-13H,2-3H2,1H3. The third kappa shape index (κ3) is 1.80. The molecule has 0 aromatic carbocycles. The van der Waals surface area contributed by atoms with Crippen LogP contribution in [-0.4, -0.2) is 31.4 Å². The molecule has 2 aliphatic carbocycles. The number of amides is 1. The third-order valence-corrected chi connectivity index (χ3v) is 3.92. The van der Waals surface area contributed by atoms with Crippen LogP contribution in [0.1, 0.15) is 12.8 Å². The summed E-state index contributed by atoms with van der Waals surface area (Å²) < 4.78 is 5.15. The molecular weight excluding hydrogens is 244 g/mol. The molecular formula is C9H14N4O5. The molecule has 100 valence electrons. The van der Waals surface area contributed by atoms with Gasteiger partial charge < -0.3 is 15.2 Å². The SMILES string of the molecule is C[NH+]([O-])N=NC(=O)OC1C2CC3C1O[NH+]([O-])C3C2. The maximum absolute atomic E-state index is 11.5.